The summed E-state index contributed by atoms with van der Waals surface area (Å²) >= 11 is 0. The van der Waals surface area contributed by atoms with Crippen LogP contribution in [0.4, 0.5) is 11.4 Å². The van der Waals surface area contributed by atoms with Crippen molar-refractivity contribution in [3.8, 4) is 0 Å². The van der Waals surface area contributed by atoms with Gasteiger partial charge in [0.15, 0.2) is 0 Å². The van der Waals surface area contributed by atoms with Crippen LogP contribution in [-0.4, -0.2) is 19.0 Å². The van der Waals surface area contributed by atoms with Gasteiger partial charge in [-0.1, -0.05) is 31.2 Å². The second-order valence-corrected chi connectivity index (χ2v) is 5.70. The Morgan fingerprint density at radius 1 is 1.09 bits per heavy atom. The molecular weight excluding hydrogens is 284 g/mol. The molecule has 1 amide bonds. The third-order valence-corrected chi connectivity index (χ3v) is 3.96. The van der Waals surface area contributed by atoms with Gasteiger partial charge in [0.05, 0.1) is 0 Å². The summed E-state index contributed by atoms with van der Waals surface area (Å²) in [4.78, 5) is 14.3. The number of carbonyl (C=O) groups is 1. The van der Waals surface area contributed by atoms with E-state index in [0.717, 1.165) is 17.8 Å². The van der Waals surface area contributed by atoms with Gasteiger partial charge in [-0.15, -0.1) is 0 Å². The van der Waals surface area contributed by atoms with Crippen LogP contribution in [0.15, 0.2) is 48.5 Å². The molecule has 0 atom stereocenters. The molecule has 0 spiro atoms. The Kier molecular flexibility index (Phi) is 6.21. The number of nitrogens with zero attached hydrogens (tertiary/aromatic N) is 1. The van der Waals surface area contributed by atoms with Crippen molar-refractivity contribution in [3.63, 3.8) is 0 Å². The smallest absolute Gasteiger partial charge is 0.228 e. The Bertz CT molecular complexity index is 634. The molecule has 0 bridgehead atoms. The molecule has 0 saturated heterocycles. The molecule has 2 rings (SSSR count). The summed E-state index contributed by atoms with van der Waals surface area (Å²) in [6, 6.07) is 16.5. The number of anilines is 2. The van der Waals surface area contributed by atoms with Gasteiger partial charge in [-0.25, -0.2) is 0 Å². The average molecular weight is 310 g/mol. The molecule has 23 heavy (non-hydrogen) atoms. The van der Waals surface area contributed by atoms with Crippen molar-refractivity contribution in [1.29, 1.82) is 0 Å². The first-order valence-corrected chi connectivity index (χ1v) is 8.34. The van der Waals surface area contributed by atoms with E-state index in [1.807, 2.05) is 36.9 Å². The first-order valence-electron chi connectivity index (χ1n) is 8.34. The Hall–Kier alpha value is -2.29. The van der Waals surface area contributed by atoms with Crippen LogP contribution < -0.4 is 10.2 Å². The molecule has 2 aromatic carbocycles. The van der Waals surface area contributed by atoms with E-state index in [2.05, 4.69) is 42.6 Å². The lowest BCUT2D eigenvalue weighted by Crippen LogP contribution is -2.31. The zero-order chi connectivity index (χ0) is 16.7. The lowest BCUT2D eigenvalue weighted by molar-refractivity contribution is -0.118. The number of carbonyl (C=O) groups excluding carboxylic acids is 1. The molecule has 2 aromatic rings. The molecule has 0 aromatic heterocycles. The molecule has 0 aliphatic heterocycles. The number of nitrogens with one attached hydrogen (secondary N) is 1. The predicted octanol–water partition coefficient (Wildman–Crippen LogP) is 4.41. The summed E-state index contributed by atoms with van der Waals surface area (Å²) in [6.07, 6.45) is 1.53. The monoisotopic (exact) mass is 310 g/mol. The van der Waals surface area contributed by atoms with Gasteiger partial charge in [0.1, 0.15) is 0 Å². The highest BCUT2D eigenvalue weighted by Gasteiger charge is 2.13. The van der Waals surface area contributed by atoms with E-state index in [9.17, 15) is 4.79 Å². The van der Waals surface area contributed by atoms with Crippen LogP contribution in [0.3, 0.4) is 0 Å². The Morgan fingerprint density at radius 2 is 1.83 bits per heavy atom. The quantitative estimate of drug-likeness (QED) is 0.821. The van der Waals surface area contributed by atoms with Gasteiger partial charge < -0.3 is 10.2 Å². The van der Waals surface area contributed by atoms with E-state index < -0.39 is 0 Å². The van der Waals surface area contributed by atoms with E-state index in [0.29, 0.717) is 19.5 Å². The van der Waals surface area contributed by atoms with Crippen LogP contribution in [-0.2, 0) is 11.2 Å². The van der Waals surface area contributed by atoms with Crippen LogP contribution in [0.5, 0.6) is 0 Å². The van der Waals surface area contributed by atoms with Gasteiger partial charge in [-0.05, 0) is 55.7 Å². The maximum Gasteiger partial charge on any atom is 0.228 e. The lowest BCUT2D eigenvalue weighted by atomic mass is 10.1. The molecule has 0 saturated carbocycles. The number of hydrogen-bond donors (Lipinski definition) is 1. The van der Waals surface area contributed by atoms with Crippen molar-refractivity contribution >= 4 is 17.3 Å². The van der Waals surface area contributed by atoms with Gasteiger partial charge in [-0.3, -0.25) is 4.79 Å². The summed E-state index contributed by atoms with van der Waals surface area (Å²) in [5.41, 5.74) is 4.53. The number of hydrogen-bond acceptors (Lipinski definition) is 2. The Balaban J connectivity index is 1.89. The SMILES string of the molecule is CCc1ccc(NCCC(=O)N(CC)c2cccc(C)c2)cc1. The second kappa shape index (κ2) is 8.37. The van der Waals surface area contributed by atoms with E-state index in [-0.39, 0.29) is 5.91 Å². The average Bonchev–Trinajstić information content (AvgIpc) is 2.56. The molecule has 1 N–H and O–H groups in total. The molecule has 0 aliphatic carbocycles. The molecule has 0 unspecified atom stereocenters. The van der Waals surface area contributed by atoms with E-state index in [1.165, 1.54) is 11.1 Å². The summed E-state index contributed by atoms with van der Waals surface area (Å²) < 4.78 is 0. The second-order valence-electron chi connectivity index (χ2n) is 5.70. The van der Waals surface area contributed by atoms with Crippen molar-refractivity contribution in [2.45, 2.75) is 33.6 Å². The maximum absolute atomic E-state index is 12.5. The highest BCUT2D eigenvalue weighted by molar-refractivity contribution is 5.93. The molecule has 122 valence electrons. The minimum absolute atomic E-state index is 0.149. The number of benzene rings is 2. The fraction of sp³-hybridized carbons (Fsp3) is 0.350. The molecule has 0 radical (unpaired) electrons. The third-order valence-electron chi connectivity index (χ3n) is 3.96. The molecular formula is C20H26N2O. The van der Waals surface area contributed by atoms with Crippen molar-refractivity contribution in [2.75, 3.05) is 23.3 Å². The summed E-state index contributed by atoms with van der Waals surface area (Å²) in [5, 5.41) is 3.32. The molecule has 0 heterocycles. The van der Waals surface area contributed by atoms with Crippen LogP contribution in [0.1, 0.15) is 31.4 Å². The van der Waals surface area contributed by atoms with Crippen LogP contribution in [0.2, 0.25) is 0 Å². The van der Waals surface area contributed by atoms with E-state index in [1.54, 1.807) is 0 Å². The molecule has 0 fully saturated rings. The zero-order valence-corrected chi connectivity index (χ0v) is 14.3. The van der Waals surface area contributed by atoms with Crippen molar-refractivity contribution in [1.82, 2.24) is 0 Å². The van der Waals surface area contributed by atoms with Gasteiger partial charge in [0.25, 0.3) is 0 Å². The van der Waals surface area contributed by atoms with Crippen molar-refractivity contribution in [3.05, 3.63) is 59.7 Å². The van der Waals surface area contributed by atoms with Crippen LogP contribution in [0, 0.1) is 6.92 Å². The minimum Gasteiger partial charge on any atom is -0.385 e. The summed E-state index contributed by atoms with van der Waals surface area (Å²) in [5.74, 6) is 0.149. The predicted molar refractivity (Wildman–Crippen MR) is 98.1 cm³/mol. The van der Waals surface area contributed by atoms with Crippen molar-refractivity contribution in [2.24, 2.45) is 0 Å². The van der Waals surface area contributed by atoms with Gasteiger partial charge in [0.2, 0.25) is 5.91 Å². The number of amides is 1. The van der Waals surface area contributed by atoms with Gasteiger partial charge >= 0.3 is 0 Å². The number of aryl methyl sites for hydroxylation is 2. The zero-order valence-electron chi connectivity index (χ0n) is 14.3. The van der Waals surface area contributed by atoms with Crippen LogP contribution in [0.25, 0.3) is 0 Å². The Morgan fingerprint density at radius 3 is 2.43 bits per heavy atom. The minimum atomic E-state index is 0.149. The van der Waals surface area contributed by atoms with Gasteiger partial charge in [-0.2, -0.15) is 0 Å². The van der Waals surface area contributed by atoms with Gasteiger partial charge in [0, 0.05) is 30.9 Å². The standard InChI is InChI=1S/C20H26N2O/c1-4-17-9-11-18(12-10-17)21-14-13-20(23)22(5-2)19-8-6-7-16(3)15-19/h6-12,15,21H,4-5,13-14H2,1-3H3. The summed E-state index contributed by atoms with van der Waals surface area (Å²) in [6.45, 7) is 7.53. The number of rotatable bonds is 7. The highest BCUT2D eigenvalue weighted by Crippen LogP contribution is 2.17. The first-order chi connectivity index (χ1) is 11.1. The maximum atomic E-state index is 12.5. The summed E-state index contributed by atoms with van der Waals surface area (Å²) in [7, 11) is 0. The largest absolute Gasteiger partial charge is 0.385 e. The topological polar surface area (TPSA) is 32.3 Å². The Labute approximate surface area is 139 Å². The first kappa shape index (κ1) is 17.1. The van der Waals surface area contributed by atoms with Crippen LogP contribution >= 0.6 is 0 Å². The fourth-order valence-electron chi connectivity index (χ4n) is 2.61. The molecule has 0 aliphatic rings. The molecule has 3 heteroatoms. The highest BCUT2D eigenvalue weighted by atomic mass is 16.2. The third kappa shape index (κ3) is 4.85. The fourth-order valence-corrected chi connectivity index (χ4v) is 2.61. The van der Waals surface area contributed by atoms with E-state index >= 15 is 0 Å². The lowest BCUT2D eigenvalue weighted by Gasteiger charge is -2.21. The molecule has 3 nitrogen and oxygen atoms in total. The van der Waals surface area contributed by atoms with Crippen molar-refractivity contribution < 1.29 is 4.79 Å². The normalized spacial score (nSPS) is 10.4. The van der Waals surface area contributed by atoms with E-state index in [4.69, 9.17) is 0 Å².